The summed E-state index contributed by atoms with van der Waals surface area (Å²) in [5, 5.41) is 4.07. The third kappa shape index (κ3) is 1.52. The van der Waals surface area contributed by atoms with Crippen molar-refractivity contribution in [2.75, 3.05) is 11.4 Å². The third-order valence-electron chi connectivity index (χ3n) is 2.79. The molecule has 2 heterocycles. The summed E-state index contributed by atoms with van der Waals surface area (Å²) in [6.07, 6.45) is 5.39. The number of amides is 1. The van der Waals surface area contributed by atoms with E-state index >= 15 is 0 Å². The molecule has 1 amide bonds. The zero-order valence-corrected chi connectivity index (χ0v) is 8.60. The van der Waals surface area contributed by atoms with Gasteiger partial charge in [0.2, 0.25) is 5.91 Å². The molecule has 0 N–H and O–H groups in total. The Labute approximate surface area is 83.5 Å². The van der Waals surface area contributed by atoms with Gasteiger partial charge >= 0.3 is 0 Å². The van der Waals surface area contributed by atoms with Crippen molar-refractivity contribution in [2.24, 2.45) is 13.0 Å². The van der Waals surface area contributed by atoms with Crippen LogP contribution in [0.3, 0.4) is 0 Å². The monoisotopic (exact) mass is 193 g/mol. The predicted molar refractivity (Wildman–Crippen MR) is 54.0 cm³/mol. The molecule has 1 aliphatic heterocycles. The fourth-order valence-corrected chi connectivity index (χ4v) is 1.85. The predicted octanol–water partition coefficient (Wildman–Crippen LogP) is 1.18. The number of hydrogen-bond acceptors (Lipinski definition) is 2. The Hall–Kier alpha value is -1.32. The maximum atomic E-state index is 11.6. The molecule has 1 atom stereocenters. The minimum Gasteiger partial charge on any atom is -0.309 e. The van der Waals surface area contributed by atoms with Crippen LogP contribution in [0.2, 0.25) is 0 Å². The van der Waals surface area contributed by atoms with Crippen molar-refractivity contribution in [3.05, 3.63) is 12.4 Å². The van der Waals surface area contributed by atoms with E-state index in [1.807, 2.05) is 18.1 Å². The lowest BCUT2D eigenvalue weighted by atomic mass is 10.1. The van der Waals surface area contributed by atoms with E-state index in [2.05, 4.69) is 12.0 Å². The first-order chi connectivity index (χ1) is 6.70. The van der Waals surface area contributed by atoms with Gasteiger partial charge in [-0.15, -0.1) is 0 Å². The SMILES string of the molecule is CC[C@@H]1CC(=O)N(c2cnn(C)c2)C1. The number of rotatable bonds is 2. The Kier molecular flexibility index (Phi) is 2.27. The molecule has 0 saturated carbocycles. The lowest BCUT2D eigenvalue weighted by molar-refractivity contribution is -0.117. The number of carbonyl (C=O) groups is 1. The number of hydrogen-bond donors (Lipinski definition) is 0. The van der Waals surface area contributed by atoms with Crippen LogP contribution in [-0.2, 0) is 11.8 Å². The summed E-state index contributed by atoms with van der Waals surface area (Å²) in [5.74, 6) is 0.743. The van der Waals surface area contributed by atoms with Crippen LogP contribution in [0.5, 0.6) is 0 Å². The van der Waals surface area contributed by atoms with Gasteiger partial charge in [-0.25, -0.2) is 0 Å². The minimum atomic E-state index is 0.227. The fourth-order valence-electron chi connectivity index (χ4n) is 1.85. The van der Waals surface area contributed by atoms with Crippen LogP contribution < -0.4 is 4.90 Å². The second-order valence-corrected chi connectivity index (χ2v) is 3.85. The molecular weight excluding hydrogens is 178 g/mol. The molecule has 0 aliphatic carbocycles. The van der Waals surface area contributed by atoms with Crippen molar-refractivity contribution in [1.29, 1.82) is 0 Å². The zero-order valence-electron chi connectivity index (χ0n) is 8.60. The summed E-state index contributed by atoms with van der Waals surface area (Å²) in [5.41, 5.74) is 0.924. The van der Waals surface area contributed by atoms with E-state index in [0.29, 0.717) is 12.3 Å². The molecule has 0 aromatic carbocycles. The highest BCUT2D eigenvalue weighted by Crippen LogP contribution is 2.25. The number of carbonyl (C=O) groups excluding carboxylic acids is 1. The molecule has 2 rings (SSSR count). The van der Waals surface area contributed by atoms with E-state index in [1.165, 1.54) is 0 Å². The molecular formula is C10H15N3O. The highest BCUT2D eigenvalue weighted by atomic mass is 16.2. The average molecular weight is 193 g/mol. The second kappa shape index (κ2) is 3.44. The van der Waals surface area contributed by atoms with Crippen molar-refractivity contribution in [2.45, 2.75) is 19.8 Å². The largest absolute Gasteiger partial charge is 0.309 e. The Morgan fingerprint density at radius 2 is 2.43 bits per heavy atom. The molecule has 0 radical (unpaired) electrons. The quantitative estimate of drug-likeness (QED) is 0.707. The van der Waals surface area contributed by atoms with Gasteiger partial charge < -0.3 is 4.90 Å². The number of anilines is 1. The molecule has 1 fully saturated rings. The van der Waals surface area contributed by atoms with E-state index in [4.69, 9.17) is 0 Å². The highest BCUT2D eigenvalue weighted by molar-refractivity contribution is 5.95. The molecule has 0 bridgehead atoms. The standard InChI is InChI=1S/C10H15N3O/c1-3-8-4-10(14)13(6-8)9-5-11-12(2)7-9/h5,7-8H,3-4,6H2,1-2H3/t8-/m1/s1. The molecule has 1 aromatic heterocycles. The first-order valence-corrected chi connectivity index (χ1v) is 4.99. The second-order valence-electron chi connectivity index (χ2n) is 3.85. The molecule has 1 aromatic rings. The molecule has 14 heavy (non-hydrogen) atoms. The summed E-state index contributed by atoms with van der Waals surface area (Å²) in [4.78, 5) is 13.5. The molecule has 4 heteroatoms. The minimum absolute atomic E-state index is 0.227. The summed E-state index contributed by atoms with van der Waals surface area (Å²) >= 11 is 0. The fraction of sp³-hybridized carbons (Fsp3) is 0.600. The zero-order chi connectivity index (χ0) is 10.1. The van der Waals surface area contributed by atoms with Crippen molar-refractivity contribution in [1.82, 2.24) is 9.78 Å². The molecule has 0 unspecified atom stereocenters. The Bertz CT molecular complexity index is 345. The molecule has 1 saturated heterocycles. The summed E-state index contributed by atoms with van der Waals surface area (Å²) in [7, 11) is 1.86. The van der Waals surface area contributed by atoms with Crippen LogP contribution in [-0.4, -0.2) is 22.2 Å². The Morgan fingerprint density at radius 1 is 1.64 bits per heavy atom. The van der Waals surface area contributed by atoms with E-state index in [9.17, 15) is 4.79 Å². The average Bonchev–Trinajstić information content (AvgIpc) is 2.71. The first-order valence-electron chi connectivity index (χ1n) is 4.99. The van der Waals surface area contributed by atoms with Crippen LogP contribution in [0, 0.1) is 5.92 Å². The first kappa shape index (κ1) is 9.24. The van der Waals surface area contributed by atoms with Crippen LogP contribution in [0.4, 0.5) is 5.69 Å². The van der Waals surface area contributed by atoms with Gasteiger partial charge in [0.15, 0.2) is 0 Å². The Balaban J connectivity index is 2.16. The lowest BCUT2D eigenvalue weighted by Crippen LogP contribution is -2.23. The maximum Gasteiger partial charge on any atom is 0.227 e. The summed E-state index contributed by atoms with van der Waals surface area (Å²) < 4.78 is 1.72. The van der Waals surface area contributed by atoms with E-state index in [0.717, 1.165) is 18.7 Å². The lowest BCUT2D eigenvalue weighted by Gasteiger charge is -2.13. The van der Waals surface area contributed by atoms with Crippen molar-refractivity contribution >= 4 is 11.6 Å². The highest BCUT2D eigenvalue weighted by Gasteiger charge is 2.29. The van der Waals surface area contributed by atoms with Crippen LogP contribution in [0.25, 0.3) is 0 Å². The van der Waals surface area contributed by atoms with Crippen LogP contribution >= 0.6 is 0 Å². The van der Waals surface area contributed by atoms with Gasteiger partial charge in [-0.05, 0) is 5.92 Å². The van der Waals surface area contributed by atoms with E-state index < -0.39 is 0 Å². The van der Waals surface area contributed by atoms with E-state index in [1.54, 1.807) is 10.9 Å². The smallest absolute Gasteiger partial charge is 0.227 e. The topological polar surface area (TPSA) is 38.1 Å². The van der Waals surface area contributed by atoms with Gasteiger partial charge in [0, 0.05) is 26.2 Å². The maximum absolute atomic E-state index is 11.6. The summed E-state index contributed by atoms with van der Waals surface area (Å²) in [6.45, 7) is 2.98. The van der Waals surface area contributed by atoms with Gasteiger partial charge in [0.25, 0.3) is 0 Å². The number of aryl methyl sites for hydroxylation is 1. The molecule has 0 spiro atoms. The molecule has 76 valence electrons. The number of aromatic nitrogens is 2. The van der Waals surface area contributed by atoms with Gasteiger partial charge in [-0.1, -0.05) is 13.3 Å². The van der Waals surface area contributed by atoms with Crippen molar-refractivity contribution < 1.29 is 4.79 Å². The Morgan fingerprint density at radius 3 is 2.93 bits per heavy atom. The van der Waals surface area contributed by atoms with Crippen LogP contribution in [0.15, 0.2) is 12.4 Å². The van der Waals surface area contributed by atoms with Gasteiger partial charge in [-0.2, -0.15) is 5.10 Å². The third-order valence-corrected chi connectivity index (χ3v) is 2.79. The molecule has 1 aliphatic rings. The van der Waals surface area contributed by atoms with Gasteiger partial charge in [-0.3, -0.25) is 9.48 Å². The molecule has 4 nitrogen and oxygen atoms in total. The van der Waals surface area contributed by atoms with Crippen molar-refractivity contribution in [3.8, 4) is 0 Å². The summed E-state index contributed by atoms with van der Waals surface area (Å²) in [6, 6.07) is 0. The van der Waals surface area contributed by atoms with Crippen LogP contribution in [0.1, 0.15) is 19.8 Å². The van der Waals surface area contributed by atoms with Gasteiger partial charge in [0.05, 0.1) is 11.9 Å². The van der Waals surface area contributed by atoms with E-state index in [-0.39, 0.29) is 5.91 Å². The normalized spacial score (nSPS) is 22.0. The van der Waals surface area contributed by atoms with Gasteiger partial charge in [0.1, 0.15) is 0 Å². The number of nitrogens with zero attached hydrogens (tertiary/aromatic N) is 3. The van der Waals surface area contributed by atoms with Crippen molar-refractivity contribution in [3.63, 3.8) is 0 Å².